The van der Waals surface area contributed by atoms with E-state index in [-0.39, 0.29) is 12.0 Å². The molecule has 0 heterocycles. The van der Waals surface area contributed by atoms with Gasteiger partial charge in [-0.1, -0.05) is 23.7 Å². The van der Waals surface area contributed by atoms with Crippen molar-refractivity contribution in [3.05, 3.63) is 34.9 Å². The summed E-state index contributed by atoms with van der Waals surface area (Å²) in [4.78, 5) is 2.26. The average molecular weight is 295 g/mol. The van der Waals surface area contributed by atoms with Gasteiger partial charge in [-0.25, -0.2) is 0 Å². The number of benzene rings is 1. The van der Waals surface area contributed by atoms with Crippen LogP contribution in [0.3, 0.4) is 0 Å². The maximum absolute atomic E-state index is 9.08. The van der Waals surface area contributed by atoms with Crippen LogP contribution in [0.5, 0.6) is 0 Å². The number of nitrogens with zero attached hydrogens (tertiary/aromatic N) is 2. The molecule has 0 atom stereocenters. The highest BCUT2D eigenvalue weighted by atomic mass is 35.5. The maximum Gasteiger partial charge on any atom is 0.0684 e. The summed E-state index contributed by atoms with van der Waals surface area (Å²) in [5.41, 5.74) is 0.844. The molecule has 4 heteroatoms. The Labute approximate surface area is 126 Å². The predicted molar refractivity (Wildman–Crippen MR) is 82.4 cm³/mol. The quantitative estimate of drug-likeness (QED) is 0.798. The summed E-state index contributed by atoms with van der Waals surface area (Å²) >= 11 is 6.00. The number of hydrogen-bond donors (Lipinski definition) is 1. The first-order valence-electron chi connectivity index (χ1n) is 6.96. The van der Waals surface area contributed by atoms with Crippen molar-refractivity contribution in [2.45, 2.75) is 33.2 Å². The van der Waals surface area contributed by atoms with Crippen molar-refractivity contribution in [3.8, 4) is 6.07 Å². The van der Waals surface area contributed by atoms with Crippen LogP contribution in [-0.2, 0) is 6.54 Å². The van der Waals surface area contributed by atoms with Crippen LogP contribution in [0.25, 0.3) is 0 Å². The summed E-state index contributed by atoms with van der Waals surface area (Å²) in [6.45, 7) is 6.56. The summed E-state index contributed by atoms with van der Waals surface area (Å²) in [6.07, 6.45) is 1.56. The third kappa shape index (κ3) is 6.38. The van der Waals surface area contributed by atoms with Crippen LogP contribution in [0.2, 0.25) is 5.02 Å². The fourth-order valence-electron chi connectivity index (χ4n) is 1.95. The van der Waals surface area contributed by atoms with Crippen molar-refractivity contribution in [1.29, 1.82) is 5.26 Å². The molecule has 0 saturated carbocycles. The van der Waals surface area contributed by atoms with E-state index in [0.29, 0.717) is 0 Å². The van der Waals surface area contributed by atoms with Gasteiger partial charge in [0.1, 0.15) is 0 Å². The molecule has 0 bridgehead atoms. The predicted octanol–water partition coefficient (Wildman–Crippen LogP) is 3.46. The molecule has 0 aliphatic heterocycles. The van der Waals surface area contributed by atoms with Gasteiger partial charge in [0.25, 0.3) is 0 Å². The van der Waals surface area contributed by atoms with E-state index in [0.717, 1.165) is 43.1 Å². The Balaban J connectivity index is 2.62. The van der Waals surface area contributed by atoms with Crippen molar-refractivity contribution in [2.24, 2.45) is 5.41 Å². The van der Waals surface area contributed by atoms with Gasteiger partial charge in [-0.3, -0.25) is 4.90 Å². The Hall–Kier alpha value is -1.08. The van der Waals surface area contributed by atoms with Gasteiger partial charge < -0.3 is 5.11 Å². The van der Waals surface area contributed by atoms with Crippen molar-refractivity contribution < 1.29 is 5.11 Å². The average Bonchev–Trinajstić information content (AvgIpc) is 2.42. The van der Waals surface area contributed by atoms with E-state index in [2.05, 4.69) is 11.0 Å². The maximum atomic E-state index is 9.08. The van der Waals surface area contributed by atoms with Gasteiger partial charge in [0, 0.05) is 24.7 Å². The Morgan fingerprint density at radius 3 is 2.70 bits per heavy atom. The molecule has 0 aliphatic carbocycles. The minimum Gasteiger partial charge on any atom is -0.396 e. The van der Waals surface area contributed by atoms with E-state index in [9.17, 15) is 0 Å². The van der Waals surface area contributed by atoms with Crippen LogP contribution in [0.15, 0.2) is 24.3 Å². The molecule has 1 aromatic rings. The van der Waals surface area contributed by atoms with Gasteiger partial charge in [-0.2, -0.15) is 5.26 Å². The lowest BCUT2D eigenvalue weighted by atomic mass is 9.91. The third-order valence-electron chi connectivity index (χ3n) is 3.28. The van der Waals surface area contributed by atoms with Crippen LogP contribution >= 0.6 is 11.6 Å². The number of halogens is 1. The van der Waals surface area contributed by atoms with Gasteiger partial charge in [0.15, 0.2) is 0 Å². The largest absolute Gasteiger partial charge is 0.396 e. The third-order valence-corrected chi connectivity index (χ3v) is 3.52. The summed E-state index contributed by atoms with van der Waals surface area (Å²) in [5.74, 6) is 0. The molecule has 1 rings (SSSR count). The minimum atomic E-state index is -0.314. The van der Waals surface area contributed by atoms with Crippen molar-refractivity contribution in [2.75, 3.05) is 19.7 Å². The summed E-state index contributed by atoms with van der Waals surface area (Å²) in [6, 6.07) is 10.1. The first kappa shape index (κ1) is 17.0. The minimum absolute atomic E-state index is 0.188. The topological polar surface area (TPSA) is 47.3 Å². The summed E-state index contributed by atoms with van der Waals surface area (Å²) in [7, 11) is 0. The molecule has 0 spiro atoms. The van der Waals surface area contributed by atoms with Crippen LogP contribution in [0.4, 0.5) is 0 Å². The van der Waals surface area contributed by atoms with Gasteiger partial charge in [0.2, 0.25) is 0 Å². The number of aliphatic hydroxyl groups is 1. The molecule has 0 aromatic heterocycles. The molecule has 0 fully saturated rings. The van der Waals surface area contributed by atoms with E-state index in [1.807, 2.05) is 38.1 Å². The molecule has 20 heavy (non-hydrogen) atoms. The van der Waals surface area contributed by atoms with Crippen LogP contribution in [-0.4, -0.2) is 29.7 Å². The van der Waals surface area contributed by atoms with Gasteiger partial charge in [-0.05, 0) is 50.9 Å². The second-order valence-electron chi connectivity index (χ2n) is 5.73. The van der Waals surface area contributed by atoms with E-state index in [1.165, 1.54) is 0 Å². The fourth-order valence-corrected chi connectivity index (χ4v) is 2.16. The van der Waals surface area contributed by atoms with Crippen molar-refractivity contribution >= 4 is 11.6 Å². The van der Waals surface area contributed by atoms with Crippen LogP contribution < -0.4 is 0 Å². The monoisotopic (exact) mass is 294 g/mol. The summed E-state index contributed by atoms with van der Waals surface area (Å²) < 4.78 is 0. The first-order chi connectivity index (χ1) is 9.46. The van der Waals surface area contributed by atoms with E-state index in [1.54, 1.807) is 0 Å². The molecule has 0 unspecified atom stereocenters. The summed E-state index contributed by atoms with van der Waals surface area (Å²) in [5, 5.41) is 18.8. The Morgan fingerprint density at radius 2 is 2.10 bits per heavy atom. The standard InChI is InChI=1S/C16H23ClN2O/c1-16(2,13-18)7-9-19(8-4-10-20)12-14-5-3-6-15(17)11-14/h3,5-6,11,20H,4,7-10,12H2,1-2H3. The molecular formula is C16H23ClN2O. The first-order valence-corrected chi connectivity index (χ1v) is 7.33. The zero-order valence-corrected chi connectivity index (χ0v) is 13.0. The highest BCUT2D eigenvalue weighted by Crippen LogP contribution is 2.20. The normalized spacial score (nSPS) is 11.6. The molecule has 0 radical (unpaired) electrons. The highest BCUT2D eigenvalue weighted by molar-refractivity contribution is 6.30. The van der Waals surface area contributed by atoms with Gasteiger partial charge >= 0.3 is 0 Å². The lowest BCUT2D eigenvalue weighted by Crippen LogP contribution is -2.29. The van der Waals surface area contributed by atoms with E-state index >= 15 is 0 Å². The molecular weight excluding hydrogens is 272 g/mol. The smallest absolute Gasteiger partial charge is 0.0684 e. The number of nitriles is 1. The zero-order chi connectivity index (χ0) is 15.0. The highest BCUT2D eigenvalue weighted by Gasteiger charge is 2.18. The lowest BCUT2D eigenvalue weighted by Gasteiger charge is -2.25. The number of aliphatic hydroxyl groups excluding tert-OH is 1. The van der Waals surface area contributed by atoms with Crippen molar-refractivity contribution in [1.82, 2.24) is 4.90 Å². The fraction of sp³-hybridized carbons (Fsp3) is 0.562. The molecule has 110 valence electrons. The van der Waals surface area contributed by atoms with Crippen LogP contribution in [0.1, 0.15) is 32.3 Å². The molecule has 0 saturated heterocycles. The lowest BCUT2D eigenvalue weighted by molar-refractivity contribution is 0.202. The van der Waals surface area contributed by atoms with E-state index in [4.69, 9.17) is 22.0 Å². The second-order valence-corrected chi connectivity index (χ2v) is 6.17. The molecule has 0 aliphatic rings. The SMILES string of the molecule is CC(C)(C#N)CCN(CCCO)Cc1cccc(Cl)c1. The van der Waals surface area contributed by atoms with E-state index < -0.39 is 0 Å². The number of hydrogen-bond acceptors (Lipinski definition) is 3. The molecule has 3 nitrogen and oxygen atoms in total. The Bertz CT molecular complexity index is 454. The van der Waals surface area contributed by atoms with Gasteiger partial charge in [-0.15, -0.1) is 0 Å². The van der Waals surface area contributed by atoms with Crippen molar-refractivity contribution in [3.63, 3.8) is 0 Å². The second kappa shape index (κ2) is 8.26. The number of rotatable bonds is 8. The van der Waals surface area contributed by atoms with Gasteiger partial charge in [0.05, 0.1) is 11.5 Å². The molecule has 1 N–H and O–H groups in total. The zero-order valence-electron chi connectivity index (χ0n) is 12.3. The Morgan fingerprint density at radius 1 is 1.35 bits per heavy atom. The molecule has 1 aromatic carbocycles. The Kier molecular flexibility index (Phi) is 7.01. The van der Waals surface area contributed by atoms with Crippen LogP contribution in [0, 0.1) is 16.7 Å². The molecule has 0 amide bonds.